The first-order valence-corrected chi connectivity index (χ1v) is 14.6. The standard InChI is InChI=1S/C31H35N3O4S/c1-4-19(2)28(34-16-23-7-5-6-8-25(23)30(34)37)31(38)33-17-24(35)15-26(33)27(36)14-11-21-9-12-22(13-10-21)29-20(3)32-18-39-29/h5-10,12-13,18-19,24,26,28,35H,4,11,14-17H2,1-3H3/t19-,24+,26-,28-/m0/s1. The van der Waals surface area contributed by atoms with E-state index in [1.807, 2.05) is 56.6 Å². The van der Waals surface area contributed by atoms with Crippen molar-refractivity contribution in [3.8, 4) is 10.4 Å². The number of hydrogen-bond acceptors (Lipinski definition) is 6. The predicted molar refractivity (Wildman–Crippen MR) is 151 cm³/mol. The SMILES string of the molecule is CC[C@H](C)[C@@H](C(=O)N1C[C@H](O)C[C@H]1C(=O)CCc1ccc(-c2scnc2C)cc1)N1Cc2ccccc2C1=O. The molecule has 2 aromatic carbocycles. The second-order valence-corrected chi connectivity index (χ2v) is 11.6. The van der Waals surface area contributed by atoms with E-state index in [0.29, 0.717) is 24.9 Å². The van der Waals surface area contributed by atoms with Crippen LogP contribution in [-0.2, 0) is 22.6 Å². The van der Waals surface area contributed by atoms with Crippen LogP contribution in [0.3, 0.4) is 0 Å². The number of carbonyl (C=O) groups excluding carboxylic acids is 3. The minimum atomic E-state index is -0.756. The van der Waals surface area contributed by atoms with E-state index in [1.54, 1.807) is 22.3 Å². The molecule has 0 aliphatic carbocycles. The summed E-state index contributed by atoms with van der Waals surface area (Å²) >= 11 is 1.61. The summed E-state index contributed by atoms with van der Waals surface area (Å²) in [6.45, 7) is 6.45. The maximum Gasteiger partial charge on any atom is 0.255 e. The Labute approximate surface area is 233 Å². The van der Waals surface area contributed by atoms with Gasteiger partial charge in [-0.1, -0.05) is 62.7 Å². The summed E-state index contributed by atoms with van der Waals surface area (Å²) in [4.78, 5) is 49.3. The van der Waals surface area contributed by atoms with Crippen molar-refractivity contribution in [2.75, 3.05) is 6.54 Å². The molecule has 39 heavy (non-hydrogen) atoms. The molecule has 7 nitrogen and oxygen atoms in total. The Balaban J connectivity index is 1.29. The van der Waals surface area contributed by atoms with Crippen LogP contribution in [0.25, 0.3) is 10.4 Å². The zero-order valence-electron chi connectivity index (χ0n) is 22.7. The van der Waals surface area contributed by atoms with Gasteiger partial charge in [-0.25, -0.2) is 4.98 Å². The number of fused-ring (bicyclic) bond motifs is 1. The van der Waals surface area contributed by atoms with E-state index in [-0.39, 0.29) is 42.9 Å². The van der Waals surface area contributed by atoms with Crippen molar-refractivity contribution in [1.82, 2.24) is 14.8 Å². The highest BCUT2D eigenvalue weighted by molar-refractivity contribution is 7.13. The molecule has 4 atom stereocenters. The lowest BCUT2D eigenvalue weighted by Crippen LogP contribution is -2.54. The van der Waals surface area contributed by atoms with Gasteiger partial charge in [-0.2, -0.15) is 0 Å². The summed E-state index contributed by atoms with van der Waals surface area (Å²) in [5.74, 6) is -0.542. The minimum absolute atomic E-state index is 0.0544. The molecule has 3 heterocycles. The van der Waals surface area contributed by atoms with E-state index < -0.39 is 18.2 Å². The maximum atomic E-state index is 14.0. The van der Waals surface area contributed by atoms with Crippen molar-refractivity contribution in [2.24, 2.45) is 5.92 Å². The first-order chi connectivity index (χ1) is 18.8. The molecule has 8 heteroatoms. The predicted octanol–water partition coefficient (Wildman–Crippen LogP) is 4.65. The van der Waals surface area contributed by atoms with Crippen LogP contribution in [0.4, 0.5) is 0 Å². The summed E-state index contributed by atoms with van der Waals surface area (Å²) in [6.07, 6.45) is 1.03. The normalized spacial score (nSPS) is 20.3. The number of nitrogens with zero attached hydrogens (tertiary/aromatic N) is 3. The van der Waals surface area contributed by atoms with Gasteiger partial charge in [0.1, 0.15) is 6.04 Å². The monoisotopic (exact) mass is 545 g/mol. The Morgan fingerprint density at radius 1 is 1.15 bits per heavy atom. The number of aliphatic hydroxyl groups is 1. The molecule has 0 unspecified atom stereocenters. The largest absolute Gasteiger partial charge is 0.391 e. The fourth-order valence-electron chi connectivity index (χ4n) is 5.78. The number of amides is 2. The number of ketones is 1. The molecule has 1 N–H and O–H groups in total. The number of likely N-dealkylation sites (tertiary alicyclic amines) is 1. The number of hydrogen-bond donors (Lipinski definition) is 1. The van der Waals surface area contributed by atoms with Gasteiger partial charge in [-0.3, -0.25) is 14.4 Å². The van der Waals surface area contributed by atoms with Crippen molar-refractivity contribution in [1.29, 1.82) is 0 Å². The van der Waals surface area contributed by atoms with Crippen molar-refractivity contribution >= 4 is 28.9 Å². The average molecular weight is 546 g/mol. The van der Waals surface area contributed by atoms with Crippen molar-refractivity contribution in [3.63, 3.8) is 0 Å². The van der Waals surface area contributed by atoms with Gasteiger partial charge in [0, 0.05) is 31.5 Å². The number of carbonyl (C=O) groups is 3. The van der Waals surface area contributed by atoms with Crippen LogP contribution in [0.15, 0.2) is 54.0 Å². The molecule has 5 rings (SSSR count). The van der Waals surface area contributed by atoms with Crippen LogP contribution < -0.4 is 0 Å². The molecular weight excluding hydrogens is 510 g/mol. The number of aromatic nitrogens is 1. The molecule has 0 radical (unpaired) electrons. The fraction of sp³-hybridized carbons (Fsp3) is 0.419. The van der Waals surface area contributed by atoms with Gasteiger partial charge in [-0.05, 0) is 42.0 Å². The van der Waals surface area contributed by atoms with Gasteiger partial charge in [0.2, 0.25) is 5.91 Å². The van der Waals surface area contributed by atoms with Gasteiger partial charge in [-0.15, -0.1) is 11.3 Å². The van der Waals surface area contributed by atoms with Gasteiger partial charge < -0.3 is 14.9 Å². The van der Waals surface area contributed by atoms with Gasteiger partial charge in [0.15, 0.2) is 5.78 Å². The van der Waals surface area contributed by atoms with Gasteiger partial charge >= 0.3 is 0 Å². The molecule has 0 saturated carbocycles. The highest BCUT2D eigenvalue weighted by Gasteiger charge is 2.45. The lowest BCUT2D eigenvalue weighted by molar-refractivity contribution is -0.143. The zero-order valence-corrected chi connectivity index (χ0v) is 23.5. The minimum Gasteiger partial charge on any atom is -0.391 e. The number of Topliss-reactive ketones (excluding diaryl/α,β-unsaturated/α-hetero) is 1. The smallest absolute Gasteiger partial charge is 0.255 e. The molecular formula is C31H35N3O4S. The molecule has 1 saturated heterocycles. The third-order valence-electron chi connectivity index (χ3n) is 8.18. The van der Waals surface area contributed by atoms with E-state index in [9.17, 15) is 19.5 Å². The lowest BCUT2D eigenvalue weighted by atomic mass is 9.95. The summed E-state index contributed by atoms with van der Waals surface area (Å²) < 4.78 is 0. The summed E-state index contributed by atoms with van der Waals surface area (Å²) in [7, 11) is 0. The maximum absolute atomic E-state index is 14.0. The van der Waals surface area contributed by atoms with Crippen LogP contribution in [0.5, 0.6) is 0 Å². The topological polar surface area (TPSA) is 90.8 Å². The summed E-state index contributed by atoms with van der Waals surface area (Å²) in [6, 6.07) is 14.3. The van der Waals surface area contributed by atoms with Crippen molar-refractivity contribution in [2.45, 2.75) is 71.2 Å². The first kappa shape index (κ1) is 27.2. The quantitative estimate of drug-likeness (QED) is 0.423. The highest BCUT2D eigenvalue weighted by atomic mass is 32.1. The van der Waals surface area contributed by atoms with Gasteiger partial charge in [0.25, 0.3) is 5.91 Å². The summed E-state index contributed by atoms with van der Waals surface area (Å²) in [5, 5.41) is 10.5. The molecule has 1 fully saturated rings. The first-order valence-electron chi connectivity index (χ1n) is 13.7. The van der Waals surface area contributed by atoms with Crippen LogP contribution in [0, 0.1) is 12.8 Å². The second kappa shape index (κ2) is 11.4. The Morgan fingerprint density at radius 3 is 2.56 bits per heavy atom. The van der Waals surface area contributed by atoms with E-state index in [1.165, 1.54) is 4.90 Å². The molecule has 2 amide bonds. The molecule has 2 aliphatic rings. The number of aliphatic hydroxyl groups excluding tert-OH is 1. The molecule has 1 aromatic heterocycles. The molecule has 204 valence electrons. The van der Waals surface area contributed by atoms with E-state index in [2.05, 4.69) is 17.1 Å². The number of thiazole rings is 1. The molecule has 0 spiro atoms. The van der Waals surface area contributed by atoms with Crippen LogP contribution in [0.2, 0.25) is 0 Å². The molecule has 3 aromatic rings. The fourth-order valence-corrected chi connectivity index (χ4v) is 6.59. The van der Waals surface area contributed by atoms with E-state index in [0.717, 1.165) is 27.3 Å². The van der Waals surface area contributed by atoms with Gasteiger partial charge in [0.05, 0.1) is 28.2 Å². The van der Waals surface area contributed by atoms with E-state index >= 15 is 0 Å². The number of rotatable bonds is 9. The average Bonchev–Trinajstić information content (AvgIpc) is 3.64. The van der Waals surface area contributed by atoms with Crippen molar-refractivity contribution in [3.05, 3.63) is 76.4 Å². The van der Waals surface area contributed by atoms with Crippen LogP contribution >= 0.6 is 11.3 Å². The van der Waals surface area contributed by atoms with Crippen molar-refractivity contribution < 1.29 is 19.5 Å². The van der Waals surface area contributed by atoms with E-state index in [4.69, 9.17) is 0 Å². The third-order valence-corrected chi connectivity index (χ3v) is 9.15. The molecule has 2 aliphatic heterocycles. The zero-order chi connectivity index (χ0) is 27.7. The number of aryl methyl sites for hydroxylation is 2. The molecule has 0 bridgehead atoms. The Morgan fingerprint density at radius 2 is 1.90 bits per heavy atom. The summed E-state index contributed by atoms with van der Waals surface area (Å²) in [5.41, 5.74) is 6.53. The third kappa shape index (κ3) is 5.40. The number of β-amino-alcohol motifs (C(OH)–C–C–N with tert-alkyl or cyclic N) is 1. The van der Waals surface area contributed by atoms with Crippen LogP contribution in [0.1, 0.15) is 60.3 Å². The Bertz CT molecular complexity index is 1370. The second-order valence-electron chi connectivity index (χ2n) is 10.7. The Kier molecular flexibility index (Phi) is 7.96. The highest BCUT2D eigenvalue weighted by Crippen LogP contribution is 2.32. The van der Waals surface area contributed by atoms with Crippen LogP contribution in [-0.4, -0.2) is 62.2 Å². The number of benzene rings is 2. The lowest BCUT2D eigenvalue weighted by Gasteiger charge is -2.36. The Hall–Kier alpha value is -3.36.